The fourth-order valence-electron chi connectivity index (χ4n) is 3.84. The minimum atomic E-state index is -4.63. The second kappa shape index (κ2) is 8.47. The number of nitrogens with two attached hydrogens (primary N) is 1. The van der Waals surface area contributed by atoms with Crippen LogP contribution in [0.2, 0.25) is 0 Å². The molecule has 1 saturated heterocycles. The summed E-state index contributed by atoms with van der Waals surface area (Å²) in [7, 11) is 1.33. The fourth-order valence-corrected chi connectivity index (χ4v) is 3.84. The molecule has 2 atom stereocenters. The predicted molar refractivity (Wildman–Crippen MR) is 111 cm³/mol. The van der Waals surface area contributed by atoms with E-state index in [-0.39, 0.29) is 41.1 Å². The van der Waals surface area contributed by atoms with E-state index in [1.165, 1.54) is 24.1 Å². The van der Waals surface area contributed by atoms with E-state index < -0.39 is 23.8 Å². The van der Waals surface area contributed by atoms with Crippen LogP contribution in [0.3, 0.4) is 0 Å². The van der Waals surface area contributed by atoms with Crippen LogP contribution in [0.25, 0.3) is 22.4 Å². The Hall–Kier alpha value is -3.47. The maximum Gasteiger partial charge on any atom is 0.433 e. The van der Waals surface area contributed by atoms with Gasteiger partial charge in [-0.1, -0.05) is 0 Å². The smallest absolute Gasteiger partial charge is 0.433 e. The molecule has 1 aliphatic rings. The lowest BCUT2D eigenvalue weighted by Gasteiger charge is -2.15. The predicted octanol–water partition coefficient (Wildman–Crippen LogP) is 3.60. The van der Waals surface area contributed by atoms with Crippen molar-refractivity contribution >= 4 is 23.1 Å². The number of likely N-dealkylation sites (tertiary alicyclic amines) is 1. The zero-order valence-electron chi connectivity index (χ0n) is 17.8. The molecule has 33 heavy (non-hydrogen) atoms. The summed E-state index contributed by atoms with van der Waals surface area (Å²) in [5.74, 6) is -0.345. The zero-order chi connectivity index (χ0) is 23.9. The van der Waals surface area contributed by atoms with Crippen LogP contribution in [0.1, 0.15) is 41.3 Å². The largest absolute Gasteiger partial charge is 0.494 e. The number of carbonyl (C=O) groups is 2. The summed E-state index contributed by atoms with van der Waals surface area (Å²) < 4.78 is 50.6. The zero-order valence-corrected chi connectivity index (χ0v) is 17.8. The third-order valence-corrected chi connectivity index (χ3v) is 5.53. The number of aldehydes is 1. The molecule has 1 fully saturated rings. The number of hydrogen-bond donors (Lipinski definition) is 1. The van der Waals surface area contributed by atoms with Gasteiger partial charge in [0.15, 0.2) is 11.5 Å². The SMILES string of the molecule is COc1ccc(-c2nc(C(=O)N3CCC(C=O)C3)c(C(C)N)o2)c2ccc(C(F)(F)F)nc12. The van der Waals surface area contributed by atoms with Crippen LogP contribution in [0.15, 0.2) is 28.7 Å². The lowest BCUT2D eigenvalue weighted by Crippen LogP contribution is -2.30. The van der Waals surface area contributed by atoms with Gasteiger partial charge in [0, 0.05) is 30.0 Å². The van der Waals surface area contributed by atoms with Gasteiger partial charge in [0.05, 0.1) is 13.2 Å². The van der Waals surface area contributed by atoms with Crippen LogP contribution in [0, 0.1) is 5.92 Å². The molecule has 2 unspecified atom stereocenters. The maximum absolute atomic E-state index is 13.2. The molecule has 2 N–H and O–H groups in total. The van der Waals surface area contributed by atoms with E-state index >= 15 is 0 Å². The number of nitrogens with zero attached hydrogens (tertiary/aromatic N) is 3. The van der Waals surface area contributed by atoms with Crippen molar-refractivity contribution in [3.05, 3.63) is 41.4 Å². The number of alkyl halides is 3. The average Bonchev–Trinajstić information content (AvgIpc) is 3.44. The van der Waals surface area contributed by atoms with E-state index in [2.05, 4.69) is 9.97 Å². The monoisotopic (exact) mass is 462 g/mol. The molecule has 0 bridgehead atoms. The van der Waals surface area contributed by atoms with Crippen LogP contribution >= 0.6 is 0 Å². The van der Waals surface area contributed by atoms with Gasteiger partial charge in [-0.3, -0.25) is 4.79 Å². The van der Waals surface area contributed by atoms with Gasteiger partial charge in [-0.2, -0.15) is 13.2 Å². The van der Waals surface area contributed by atoms with Crippen molar-refractivity contribution in [2.24, 2.45) is 11.7 Å². The first-order chi connectivity index (χ1) is 15.6. The highest BCUT2D eigenvalue weighted by Crippen LogP contribution is 2.37. The van der Waals surface area contributed by atoms with Crippen molar-refractivity contribution < 1.29 is 31.9 Å². The number of methoxy groups -OCH3 is 1. The topological polar surface area (TPSA) is 112 Å². The van der Waals surface area contributed by atoms with Crippen LogP contribution in [-0.2, 0) is 11.0 Å². The van der Waals surface area contributed by atoms with Crippen LogP contribution in [-0.4, -0.2) is 47.3 Å². The number of oxazole rings is 1. The Morgan fingerprint density at radius 3 is 2.67 bits per heavy atom. The molecular formula is C22H21F3N4O4. The lowest BCUT2D eigenvalue weighted by molar-refractivity contribution is -0.141. The number of halogens is 3. The first kappa shape index (κ1) is 22.7. The highest BCUT2D eigenvalue weighted by atomic mass is 19.4. The molecule has 0 radical (unpaired) electrons. The van der Waals surface area contributed by atoms with E-state index in [9.17, 15) is 22.8 Å². The Morgan fingerprint density at radius 1 is 1.30 bits per heavy atom. The first-order valence-corrected chi connectivity index (χ1v) is 10.2. The Labute approximate surface area is 186 Å². The standard InChI is InChI=1S/C22H21F3N4O4/c1-11(26)19-18(21(31)29-8-7-12(9-29)10-30)28-20(33-19)14-3-5-15(32-2)17-13(14)4-6-16(27-17)22(23,24)25/h3-6,10-12H,7-9,26H2,1-2H3. The highest BCUT2D eigenvalue weighted by molar-refractivity contribution is 5.98. The van der Waals surface area contributed by atoms with Gasteiger partial charge in [-0.25, -0.2) is 9.97 Å². The second-order valence-electron chi connectivity index (χ2n) is 7.86. The van der Waals surface area contributed by atoms with Crippen LogP contribution < -0.4 is 10.5 Å². The fraction of sp³-hybridized carbons (Fsp3) is 0.364. The van der Waals surface area contributed by atoms with Crippen molar-refractivity contribution in [3.8, 4) is 17.2 Å². The van der Waals surface area contributed by atoms with Crippen molar-refractivity contribution in [1.29, 1.82) is 0 Å². The Balaban J connectivity index is 1.82. The minimum Gasteiger partial charge on any atom is -0.494 e. The summed E-state index contributed by atoms with van der Waals surface area (Å²) >= 11 is 0. The van der Waals surface area contributed by atoms with E-state index in [1.54, 1.807) is 13.0 Å². The molecule has 11 heteroatoms. The lowest BCUT2D eigenvalue weighted by atomic mass is 10.1. The molecule has 3 aromatic rings. The van der Waals surface area contributed by atoms with Crippen molar-refractivity contribution in [2.75, 3.05) is 20.2 Å². The van der Waals surface area contributed by atoms with Crippen molar-refractivity contribution in [3.63, 3.8) is 0 Å². The van der Waals surface area contributed by atoms with Crippen LogP contribution in [0.5, 0.6) is 5.75 Å². The maximum atomic E-state index is 13.2. The number of pyridine rings is 1. The summed E-state index contributed by atoms with van der Waals surface area (Å²) in [5.41, 5.74) is 5.26. The van der Waals surface area contributed by atoms with E-state index in [0.717, 1.165) is 12.4 Å². The third-order valence-electron chi connectivity index (χ3n) is 5.53. The van der Waals surface area contributed by atoms with E-state index in [1.807, 2.05) is 0 Å². The number of amides is 1. The minimum absolute atomic E-state index is 0.00962. The molecule has 0 aliphatic carbocycles. The third kappa shape index (κ3) is 4.15. The van der Waals surface area contributed by atoms with Gasteiger partial charge >= 0.3 is 6.18 Å². The molecule has 2 aromatic heterocycles. The Morgan fingerprint density at radius 2 is 2.06 bits per heavy atom. The van der Waals surface area contributed by atoms with Crippen molar-refractivity contribution in [2.45, 2.75) is 25.6 Å². The number of rotatable bonds is 5. The van der Waals surface area contributed by atoms with Gasteiger partial charge in [0.1, 0.15) is 23.2 Å². The summed E-state index contributed by atoms with van der Waals surface area (Å²) in [6.45, 7) is 2.31. The number of carbonyl (C=O) groups excluding carboxylic acids is 2. The molecule has 0 saturated carbocycles. The molecule has 8 nitrogen and oxygen atoms in total. The number of benzene rings is 1. The molecule has 174 valence electrons. The molecule has 1 amide bonds. The van der Waals surface area contributed by atoms with Gasteiger partial charge in [-0.15, -0.1) is 0 Å². The van der Waals surface area contributed by atoms with E-state index in [0.29, 0.717) is 23.9 Å². The molecule has 1 aliphatic heterocycles. The van der Waals surface area contributed by atoms with E-state index in [4.69, 9.17) is 14.9 Å². The summed E-state index contributed by atoms with van der Waals surface area (Å²) in [6, 6.07) is 4.47. The van der Waals surface area contributed by atoms with Gasteiger partial charge in [-0.05, 0) is 37.6 Å². The first-order valence-electron chi connectivity index (χ1n) is 10.2. The number of fused-ring (bicyclic) bond motifs is 1. The Bertz CT molecular complexity index is 1220. The number of aromatic nitrogens is 2. The summed E-state index contributed by atoms with van der Waals surface area (Å²) in [6.07, 6.45) is -3.25. The molecule has 1 aromatic carbocycles. The van der Waals surface area contributed by atoms with Gasteiger partial charge in [0.25, 0.3) is 5.91 Å². The molecule has 0 spiro atoms. The molecule has 3 heterocycles. The van der Waals surface area contributed by atoms with Gasteiger partial charge < -0.3 is 24.6 Å². The summed E-state index contributed by atoms with van der Waals surface area (Å²) in [4.78, 5) is 33.7. The number of hydrogen-bond acceptors (Lipinski definition) is 7. The molecular weight excluding hydrogens is 441 g/mol. The second-order valence-corrected chi connectivity index (χ2v) is 7.86. The normalized spacial score (nSPS) is 17.4. The van der Waals surface area contributed by atoms with Crippen LogP contribution in [0.4, 0.5) is 13.2 Å². The average molecular weight is 462 g/mol. The highest BCUT2D eigenvalue weighted by Gasteiger charge is 2.34. The summed E-state index contributed by atoms with van der Waals surface area (Å²) in [5, 5.41) is 0.306. The van der Waals surface area contributed by atoms with Gasteiger partial charge in [0.2, 0.25) is 5.89 Å². The molecule has 4 rings (SSSR count). The quantitative estimate of drug-likeness (QED) is 0.577. The van der Waals surface area contributed by atoms with Crippen molar-refractivity contribution in [1.82, 2.24) is 14.9 Å². The number of ether oxygens (including phenoxy) is 1. The Kier molecular flexibility index (Phi) is 5.83.